The van der Waals surface area contributed by atoms with Crippen LogP contribution in [0.5, 0.6) is 0 Å². The molecule has 92 valence electrons. The van der Waals surface area contributed by atoms with Crippen LogP contribution < -0.4 is 10.6 Å². The van der Waals surface area contributed by atoms with Crippen LogP contribution in [0.2, 0.25) is 0 Å². The van der Waals surface area contributed by atoms with Crippen LogP contribution in [0, 0.1) is 13.8 Å². The summed E-state index contributed by atoms with van der Waals surface area (Å²) >= 11 is 2.91. The van der Waals surface area contributed by atoms with Crippen molar-refractivity contribution in [2.24, 2.45) is 0 Å². The minimum Gasteiger partial charge on any atom is -0.343 e. The molecule has 0 bridgehead atoms. The second kappa shape index (κ2) is 5.05. The maximum atomic E-state index is 11.9. The zero-order valence-corrected chi connectivity index (χ0v) is 11.2. The van der Waals surface area contributed by atoms with E-state index in [1.165, 1.54) is 23.1 Å². The van der Waals surface area contributed by atoms with Crippen molar-refractivity contribution < 1.29 is 9.59 Å². The van der Waals surface area contributed by atoms with Crippen LogP contribution >= 0.6 is 23.1 Å². The third-order valence-corrected chi connectivity index (χ3v) is 4.45. The Labute approximate surface area is 107 Å². The van der Waals surface area contributed by atoms with Gasteiger partial charge in [-0.2, -0.15) is 0 Å². The van der Waals surface area contributed by atoms with Crippen LogP contribution in [-0.4, -0.2) is 34.3 Å². The Balaban J connectivity index is 1.98. The molecular weight excluding hydrogens is 258 g/mol. The number of aryl methyl sites for hydroxylation is 2. The lowest BCUT2D eigenvalue weighted by Crippen LogP contribution is -2.49. The molecule has 0 aromatic carbocycles. The minimum absolute atomic E-state index is 0.0899. The number of carbonyl (C=O) groups is 2. The number of thioether (sulfide) groups is 1. The number of thiazole rings is 1. The lowest BCUT2D eigenvalue weighted by atomic mass is 10.3. The number of carbonyl (C=O) groups excluding carboxylic acids is 2. The van der Waals surface area contributed by atoms with Gasteiger partial charge in [0.05, 0.1) is 11.4 Å². The van der Waals surface area contributed by atoms with Gasteiger partial charge in [0.25, 0.3) is 0 Å². The zero-order chi connectivity index (χ0) is 12.4. The molecule has 0 spiro atoms. The summed E-state index contributed by atoms with van der Waals surface area (Å²) in [6.45, 7) is 3.86. The first-order valence-corrected chi connectivity index (χ1v) is 7.15. The Morgan fingerprint density at radius 2 is 2.29 bits per heavy atom. The van der Waals surface area contributed by atoms with Gasteiger partial charge >= 0.3 is 0 Å². The van der Waals surface area contributed by atoms with Crippen molar-refractivity contribution in [2.75, 3.05) is 16.8 Å². The molecule has 2 rings (SSSR count). The van der Waals surface area contributed by atoms with E-state index in [1.54, 1.807) is 0 Å². The molecule has 1 aliphatic heterocycles. The SMILES string of the molecule is Cc1nc(NC(=O)C2CSCC(=O)N2)sc1C. The van der Waals surface area contributed by atoms with Crippen LogP contribution in [0.15, 0.2) is 0 Å². The van der Waals surface area contributed by atoms with E-state index in [4.69, 9.17) is 0 Å². The van der Waals surface area contributed by atoms with E-state index in [0.29, 0.717) is 16.6 Å². The largest absolute Gasteiger partial charge is 0.343 e. The normalized spacial score (nSPS) is 19.9. The van der Waals surface area contributed by atoms with Crippen molar-refractivity contribution in [3.05, 3.63) is 10.6 Å². The Bertz CT molecular complexity index is 439. The van der Waals surface area contributed by atoms with Gasteiger partial charge in [-0.1, -0.05) is 0 Å². The van der Waals surface area contributed by atoms with E-state index >= 15 is 0 Å². The van der Waals surface area contributed by atoms with Crippen LogP contribution in [0.4, 0.5) is 5.13 Å². The fourth-order valence-corrected chi connectivity index (χ4v) is 3.08. The molecule has 1 aliphatic rings. The fraction of sp³-hybridized carbons (Fsp3) is 0.500. The van der Waals surface area contributed by atoms with Gasteiger partial charge in [0, 0.05) is 10.6 Å². The molecule has 1 unspecified atom stereocenters. The van der Waals surface area contributed by atoms with E-state index in [0.717, 1.165) is 10.6 Å². The molecule has 0 radical (unpaired) electrons. The second-order valence-electron chi connectivity index (χ2n) is 3.79. The molecule has 1 fully saturated rings. The molecule has 2 heterocycles. The van der Waals surface area contributed by atoms with Gasteiger partial charge in [0.15, 0.2) is 5.13 Å². The lowest BCUT2D eigenvalue weighted by Gasteiger charge is -2.21. The summed E-state index contributed by atoms with van der Waals surface area (Å²) in [5.41, 5.74) is 0.923. The van der Waals surface area contributed by atoms with Crippen molar-refractivity contribution in [2.45, 2.75) is 19.9 Å². The second-order valence-corrected chi connectivity index (χ2v) is 6.02. The molecule has 1 atom stereocenters. The monoisotopic (exact) mass is 271 g/mol. The predicted octanol–water partition coefficient (Wildman–Crippen LogP) is 0.930. The van der Waals surface area contributed by atoms with Crippen molar-refractivity contribution in [3.8, 4) is 0 Å². The van der Waals surface area contributed by atoms with Crippen molar-refractivity contribution in [1.29, 1.82) is 0 Å². The average molecular weight is 271 g/mol. The van der Waals surface area contributed by atoms with Gasteiger partial charge in [-0.05, 0) is 13.8 Å². The van der Waals surface area contributed by atoms with Crippen molar-refractivity contribution >= 4 is 40.0 Å². The van der Waals surface area contributed by atoms with Crippen LogP contribution in [-0.2, 0) is 9.59 Å². The quantitative estimate of drug-likeness (QED) is 0.839. The standard InChI is InChI=1S/C10H13N3O2S2/c1-5-6(2)17-10(11-5)13-9(15)7-3-16-4-8(14)12-7/h7H,3-4H2,1-2H3,(H,12,14)(H,11,13,15). The first-order valence-electron chi connectivity index (χ1n) is 5.18. The number of hydrogen-bond acceptors (Lipinski definition) is 5. The summed E-state index contributed by atoms with van der Waals surface area (Å²) < 4.78 is 0. The molecule has 1 aromatic heterocycles. The predicted molar refractivity (Wildman–Crippen MR) is 69.5 cm³/mol. The third kappa shape index (κ3) is 2.98. The van der Waals surface area contributed by atoms with E-state index in [1.807, 2.05) is 13.8 Å². The smallest absolute Gasteiger partial charge is 0.249 e. The number of nitrogens with zero attached hydrogens (tertiary/aromatic N) is 1. The highest BCUT2D eigenvalue weighted by atomic mass is 32.2. The number of amides is 2. The molecule has 7 heteroatoms. The van der Waals surface area contributed by atoms with Crippen LogP contribution in [0.1, 0.15) is 10.6 Å². The van der Waals surface area contributed by atoms with Gasteiger partial charge in [-0.3, -0.25) is 9.59 Å². The Hall–Kier alpha value is -1.08. The van der Waals surface area contributed by atoms with Crippen LogP contribution in [0.25, 0.3) is 0 Å². The summed E-state index contributed by atoms with van der Waals surface area (Å²) in [7, 11) is 0. The number of anilines is 1. The summed E-state index contributed by atoms with van der Waals surface area (Å²) in [6, 6.07) is -0.453. The highest BCUT2D eigenvalue weighted by molar-refractivity contribution is 8.00. The van der Waals surface area contributed by atoms with Crippen molar-refractivity contribution in [3.63, 3.8) is 0 Å². The Morgan fingerprint density at radius 1 is 1.53 bits per heavy atom. The molecule has 2 amide bonds. The van der Waals surface area contributed by atoms with Gasteiger partial charge in [-0.25, -0.2) is 4.98 Å². The first-order chi connectivity index (χ1) is 8.06. The molecule has 17 heavy (non-hydrogen) atoms. The van der Waals surface area contributed by atoms with E-state index in [-0.39, 0.29) is 11.8 Å². The third-order valence-electron chi connectivity index (χ3n) is 2.43. The minimum atomic E-state index is -0.453. The highest BCUT2D eigenvalue weighted by Crippen LogP contribution is 2.21. The maximum Gasteiger partial charge on any atom is 0.249 e. The summed E-state index contributed by atoms with van der Waals surface area (Å²) in [4.78, 5) is 28.3. The highest BCUT2D eigenvalue weighted by Gasteiger charge is 2.25. The maximum absolute atomic E-state index is 11.9. The number of rotatable bonds is 2. The summed E-state index contributed by atoms with van der Waals surface area (Å²) in [5, 5.41) is 5.99. The van der Waals surface area contributed by atoms with E-state index in [2.05, 4.69) is 15.6 Å². The van der Waals surface area contributed by atoms with Gasteiger partial charge in [0.1, 0.15) is 6.04 Å². The van der Waals surface area contributed by atoms with Gasteiger partial charge in [0.2, 0.25) is 11.8 Å². The molecule has 0 aliphatic carbocycles. The summed E-state index contributed by atoms with van der Waals surface area (Å²) in [5.74, 6) is 0.757. The zero-order valence-electron chi connectivity index (χ0n) is 9.57. The summed E-state index contributed by atoms with van der Waals surface area (Å²) in [6.07, 6.45) is 0. The first kappa shape index (κ1) is 12.4. The van der Waals surface area contributed by atoms with E-state index < -0.39 is 6.04 Å². The number of aromatic nitrogens is 1. The molecule has 1 aromatic rings. The topological polar surface area (TPSA) is 71.1 Å². The van der Waals surface area contributed by atoms with Crippen molar-refractivity contribution in [1.82, 2.24) is 10.3 Å². The van der Waals surface area contributed by atoms with Crippen LogP contribution in [0.3, 0.4) is 0 Å². The number of hydrogen-bond donors (Lipinski definition) is 2. The fourth-order valence-electron chi connectivity index (χ4n) is 1.41. The molecule has 5 nitrogen and oxygen atoms in total. The Morgan fingerprint density at radius 3 is 2.88 bits per heavy atom. The van der Waals surface area contributed by atoms with Gasteiger partial charge < -0.3 is 10.6 Å². The molecular formula is C10H13N3O2S2. The number of nitrogens with one attached hydrogen (secondary N) is 2. The Kier molecular flexibility index (Phi) is 3.68. The van der Waals surface area contributed by atoms with Gasteiger partial charge in [-0.15, -0.1) is 23.1 Å². The molecule has 2 N–H and O–H groups in total. The lowest BCUT2D eigenvalue weighted by molar-refractivity contribution is -0.124. The average Bonchev–Trinajstić information content (AvgIpc) is 2.58. The molecule has 1 saturated heterocycles. The van der Waals surface area contributed by atoms with E-state index in [9.17, 15) is 9.59 Å². The molecule has 0 saturated carbocycles.